The number of hydrogen-bond acceptors (Lipinski definition) is 9. The molecule has 3 aromatic heterocycles. The molecular formula is C31H30F2N8O2. The first-order valence-electron chi connectivity index (χ1n) is 14.8. The van der Waals surface area contributed by atoms with Crippen LogP contribution in [0.4, 0.5) is 14.6 Å². The summed E-state index contributed by atoms with van der Waals surface area (Å²) in [5.41, 5.74) is 0.781. The highest BCUT2D eigenvalue weighted by Crippen LogP contribution is 2.40. The lowest BCUT2D eigenvalue weighted by Gasteiger charge is -2.34. The lowest BCUT2D eigenvalue weighted by Crippen LogP contribution is -2.51. The maximum Gasteiger partial charge on any atom is 0.319 e. The molecule has 4 aliphatic rings. The second-order valence-corrected chi connectivity index (χ2v) is 12.2. The molecule has 2 unspecified atom stereocenters. The van der Waals surface area contributed by atoms with Crippen molar-refractivity contribution in [2.24, 2.45) is 0 Å². The molecule has 4 fully saturated rings. The molecule has 4 saturated heterocycles. The zero-order chi connectivity index (χ0) is 29.3. The van der Waals surface area contributed by atoms with Crippen molar-refractivity contribution in [3.05, 3.63) is 46.0 Å². The molecule has 0 aliphatic carbocycles. The molecule has 0 spiro atoms. The number of anilines is 1. The van der Waals surface area contributed by atoms with Crippen LogP contribution in [0.15, 0.2) is 29.1 Å². The molecule has 2 bridgehead atoms. The summed E-state index contributed by atoms with van der Waals surface area (Å²) in [5.74, 6) is 2.46. The summed E-state index contributed by atoms with van der Waals surface area (Å²) < 4.78 is 35.4. The van der Waals surface area contributed by atoms with Crippen molar-refractivity contribution in [2.75, 3.05) is 37.7 Å². The van der Waals surface area contributed by atoms with Crippen LogP contribution >= 0.6 is 0 Å². The molecule has 12 heteroatoms. The minimum Gasteiger partial charge on any atom is -0.461 e. The summed E-state index contributed by atoms with van der Waals surface area (Å²) in [6, 6.07) is 6.71. The number of halogens is 2. The largest absolute Gasteiger partial charge is 0.461 e. The zero-order valence-corrected chi connectivity index (χ0v) is 23.4. The number of hydrogen-bond donors (Lipinski definition) is 2. The molecule has 43 heavy (non-hydrogen) atoms. The van der Waals surface area contributed by atoms with Gasteiger partial charge in [0.25, 0.3) is 0 Å². The molecule has 4 atom stereocenters. The zero-order valence-electron chi connectivity index (χ0n) is 23.4. The number of ether oxygens (including phenoxy) is 1. The predicted octanol–water partition coefficient (Wildman–Crippen LogP) is 2.94. The van der Waals surface area contributed by atoms with E-state index in [1.54, 1.807) is 6.07 Å². The molecule has 0 amide bonds. The van der Waals surface area contributed by atoms with E-state index in [-0.39, 0.29) is 40.7 Å². The second-order valence-electron chi connectivity index (χ2n) is 12.2. The van der Waals surface area contributed by atoms with Crippen LogP contribution < -0.4 is 20.5 Å². The Morgan fingerprint density at radius 3 is 2.79 bits per heavy atom. The van der Waals surface area contributed by atoms with Crippen LogP contribution in [-0.2, 0) is 0 Å². The normalized spacial score (nSPS) is 26.7. The Hall–Kier alpha value is -4.21. The van der Waals surface area contributed by atoms with Crippen molar-refractivity contribution in [1.82, 2.24) is 35.4 Å². The predicted molar refractivity (Wildman–Crippen MR) is 157 cm³/mol. The van der Waals surface area contributed by atoms with Crippen LogP contribution in [0.1, 0.15) is 37.7 Å². The van der Waals surface area contributed by atoms with Gasteiger partial charge in [0.05, 0.1) is 16.8 Å². The van der Waals surface area contributed by atoms with Crippen LogP contribution in [0.25, 0.3) is 33.2 Å². The summed E-state index contributed by atoms with van der Waals surface area (Å²) in [5, 5.41) is 13.5. The molecule has 0 radical (unpaired) electrons. The summed E-state index contributed by atoms with van der Waals surface area (Å²) in [6.07, 6.45) is 9.31. The van der Waals surface area contributed by atoms with E-state index in [0.29, 0.717) is 52.7 Å². The van der Waals surface area contributed by atoms with Gasteiger partial charge in [-0.15, -0.1) is 16.6 Å². The van der Waals surface area contributed by atoms with Crippen LogP contribution in [0.5, 0.6) is 6.01 Å². The number of alkyl halides is 1. The summed E-state index contributed by atoms with van der Waals surface area (Å²) in [7, 11) is 0. The summed E-state index contributed by atoms with van der Waals surface area (Å²) in [6.45, 7) is 3.10. The van der Waals surface area contributed by atoms with Gasteiger partial charge in [-0.2, -0.15) is 9.97 Å². The number of aromatic nitrogens is 5. The van der Waals surface area contributed by atoms with Crippen LogP contribution in [0.2, 0.25) is 0 Å². The first-order chi connectivity index (χ1) is 20.9. The molecule has 220 valence electrons. The summed E-state index contributed by atoms with van der Waals surface area (Å²) in [4.78, 5) is 29.3. The maximum atomic E-state index is 14.7. The number of pyridine rings is 1. The maximum absolute atomic E-state index is 14.7. The fraction of sp³-hybridized carbons (Fsp3) is 0.452. The Balaban J connectivity index is 1.25. The molecule has 7 heterocycles. The van der Waals surface area contributed by atoms with Gasteiger partial charge in [0.15, 0.2) is 11.3 Å². The van der Waals surface area contributed by atoms with E-state index in [1.165, 1.54) is 18.2 Å². The van der Waals surface area contributed by atoms with Crippen molar-refractivity contribution >= 4 is 27.6 Å². The molecular weight excluding hydrogens is 554 g/mol. The Bertz CT molecular complexity index is 1860. The average Bonchev–Trinajstić information content (AvgIpc) is 3.65. The Labute approximate surface area is 245 Å². The van der Waals surface area contributed by atoms with Gasteiger partial charge in [-0.3, -0.25) is 9.69 Å². The highest BCUT2D eigenvalue weighted by molar-refractivity contribution is 5.99. The van der Waals surface area contributed by atoms with Crippen molar-refractivity contribution in [2.45, 2.75) is 55.9 Å². The molecule has 4 aromatic rings. The molecule has 10 nitrogen and oxygen atoms in total. The van der Waals surface area contributed by atoms with E-state index in [1.807, 2.05) is 0 Å². The first-order valence-corrected chi connectivity index (χ1v) is 14.8. The number of piperazine rings is 1. The van der Waals surface area contributed by atoms with Gasteiger partial charge >= 0.3 is 6.01 Å². The minimum absolute atomic E-state index is 0.0254. The van der Waals surface area contributed by atoms with Crippen molar-refractivity contribution < 1.29 is 13.5 Å². The number of rotatable bonds is 5. The second kappa shape index (κ2) is 9.92. The van der Waals surface area contributed by atoms with Gasteiger partial charge in [0, 0.05) is 49.6 Å². The quantitative estimate of drug-likeness (QED) is 0.342. The first kappa shape index (κ1) is 26.4. The van der Waals surface area contributed by atoms with Gasteiger partial charge in [-0.05, 0) is 49.7 Å². The number of terminal acetylenes is 1. The number of aromatic amines is 1. The third-order valence-corrected chi connectivity index (χ3v) is 9.52. The van der Waals surface area contributed by atoms with E-state index in [0.717, 1.165) is 45.3 Å². The highest BCUT2D eigenvalue weighted by Gasteiger charge is 2.49. The van der Waals surface area contributed by atoms with Gasteiger partial charge in [-0.1, -0.05) is 12.0 Å². The molecule has 8 rings (SSSR count). The third-order valence-electron chi connectivity index (χ3n) is 9.52. The van der Waals surface area contributed by atoms with Crippen molar-refractivity contribution in [3.8, 4) is 29.7 Å². The molecule has 2 N–H and O–H groups in total. The number of nitrogens with zero attached hydrogens (tertiary/aromatic N) is 6. The SMILES string of the molecule is C#Cc1c(F)ccc2cc(=O)[nH]c(-c3cc4nc(OC[C@@]56CCCN5C[C@H](F)C6)nc(N5CC6CCC(C5)N6)c4nn3)c12. The molecule has 0 saturated carbocycles. The highest BCUT2D eigenvalue weighted by atomic mass is 19.1. The topological polar surface area (TPSA) is 112 Å². The average molecular weight is 585 g/mol. The Kier molecular flexibility index (Phi) is 6.10. The van der Waals surface area contributed by atoms with Crippen molar-refractivity contribution in [3.63, 3.8) is 0 Å². The van der Waals surface area contributed by atoms with Gasteiger partial charge < -0.3 is 19.9 Å². The monoisotopic (exact) mass is 584 g/mol. The summed E-state index contributed by atoms with van der Waals surface area (Å²) >= 11 is 0. The molecule has 1 aromatic carbocycles. The van der Waals surface area contributed by atoms with Gasteiger partial charge in [-0.25, -0.2) is 8.78 Å². The van der Waals surface area contributed by atoms with Crippen LogP contribution in [0, 0.1) is 18.2 Å². The number of H-pyrrole nitrogens is 1. The van der Waals surface area contributed by atoms with Gasteiger partial charge in [0.2, 0.25) is 5.56 Å². The van der Waals surface area contributed by atoms with Crippen LogP contribution in [-0.4, -0.2) is 86.6 Å². The lowest BCUT2D eigenvalue weighted by atomic mass is 9.95. The Morgan fingerprint density at radius 2 is 1.98 bits per heavy atom. The standard InChI is InChI=1S/C31H30F2N8O2/c1-2-21-22(33)7-4-17-10-25(42)36-27(26(17)21)24-11-23-28(39-38-24)29(40-14-19-5-6-20(15-40)34-19)37-30(35-23)43-16-31-8-3-9-41(31)13-18(32)12-31/h1,4,7,10-11,18-20,34H,3,5-6,8-9,12-16H2,(H,36,42)/t18-,19?,20?,31+/m1/s1. The Morgan fingerprint density at radius 1 is 1.14 bits per heavy atom. The van der Waals surface area contributed by atoms with E-state index in [2.05, 4.69) is 36.2 Å². The fourth-order valence-electron chi connectivity index (χ4n) is 7.60. The smallest absolute Gasteiger partial charge is 0.319 e. The van der Waals surface area contributed by atoms with E-state index in [9.17, 15) is 13.6 Å². The fourth-order valence-corrected chi connectivity index (χ4v) is 7.60. The van der Waals surface area contributed by atoms with Crippen molar-refractivity contribution in [1.29, 1.82) is 0 Å². The number of benzene rings is 1. The minimum atomic E-state index is -0.869. The lowest BCUT2D eigenvalue weighted by molar-refractivity contribution is 0.107. The van der Waals surface area contributed by atoms with E-state index < -0.39 is 12.0 Å². The van der Waals surface area contributed by atoms with E-state index in [4.69, 9.17) is 21.1 Å². The number of nitrogens with one attached hydrogen (secondary N) is 2. The number of fused-ring (bicyclic) bond motifs is 5. The molecule has 4 aliphatic heterocycles. The third kappa shape index (κ3) is 4.41. The van der Waals surface area contributed by atoms with Gasteiger partial charge in [0.1, 0.15) is 29.8 Å². The van der Waals surface area contributed by atoms with Crippen LogP contribution in [0.3, 0.4) is 0 Å². The van der Waals surface area contributed by atoms with E-state index >= 15 is 0 Å².